The summed E-state index contributed by atoms with van der Waals surface area (Å²) in [7, 11) is 1.70. The highest BCUT2D eigenvalue weighted by Gasteiger charge is 2.22. The van der Waals surface area contributed by atoms with E-state index >= 15 is 0 Å². The second-order valence-electron chi connectivity index (χ2n) is 4.70. The van der Waals surface area contributed by atoms with Crippen LogP contribution in [0.1, 0.15) is 39.5 Å². The molecular weight excluding hydrogens is 320 g/mol. The summed E-state index contributed by atoms with van der Waals surface area (Å²) in [5.74, 6) is 0.796. The fraction of sp³-hybridized carbons (Fsp3) is 0.625. The normalized spacial score (nSPS) is 14.0. The molecule has 2 atom stereocenters. The topological polar surface area (TPSA) is 27.7 Å². The van der Waals surface area contributed by atoms with Crippen molar-refractivity contribution in [2.24, 2.45) is 0 Å². The molecule has 0 aromatic heterocycles. The molecule has 0 bridgehead atoms. The average molecular weight is 345 g/mol. The predicted molar refractivity (Wildman–Crippen MR) is 85.1 cm³/mol. The Morgan fingerprint density at radius 3 is 2.35 bits per heavy atom. The van der Waals surface area contributed by atoms with Crippen molar-refractivity contribution in [2.75, 3.05) is 13.7 Å². The highest BCUT2D eigenvalue weighted by Crippen LogP contribution is 2.20. The van der Waals surface area contributed by atoms with Gasteiger partial charge in [0.1, 0.15) is 11.9 Å². The van der Waals surface area contributed by atoms with E-state index in [1.54, 1.807) is 7.11 Å². The first-order valence-electron chi connectivity index (χ1n) is 7.27. The monoisotopic (exact) mass is 344 g/mol. The van der Waals surface area contributed by atoms with Gasteiger partial charge in [0.2, 0.25) is 6.29 Å². The maximum absolute atomic E-state index is 5.93. The Bertz CT molecular complexity index is 349. The molecule has 20 heavy (non-hydrogen) atoms. The molecule has 4 heteroatoms. The van der Waals surface area contributed by atoms with Crippen LogP contribution in [0.2, 0.25) is 0 Å². The summed E-state index contributed by atoms with van der Waals surface area (Å²) in [5.41, 5.74) is 0. The van der Waals surface area contributed by atoms with Crippen molar-refractivity contribution < 1.29 is 14.2 Å². The van der Waals surface area contributed by atoms with Gasteiger partial charge in [-0.15, -0.1) is 0 Å². The summed E-state index contributed by atoms with van der Waals surface area (Å²) in [6, 6.07) is 7.76. The van der Waals surface area contributed by atoms with Crippen LogP contribution in [-0.2, 0) is 9.47 Å². The van der Waals surface area contributed by atoms with Crippen LogP contribution in [0.15, 0.2) is 28.7 Å². The highest BCUT2D eigenvalue weighted by molar-refractivity contribution is 9.10. The summed E-state index contributed by atoms with van der Waals surface area (Å²) >= 11 is 3.42. The van der Waals surface area contributed by atoms with Crippen molar-refractivity contribution in [3.8, 4) is 5.75 Å². The fourth-order valence-corrected chi connectivity index (χ4v) is 2.15. The molecule has 0 saturated heterocycles. The third kappa shape index (κ3) is 6.25. The van der Waals surface area contributed by atoms with E-state index in [2.05, 4.69) is 29.8 Å². The molecule has 1 unspecified atom stereocenters. The third-order valence-corrected chi connectivity index (χ3v) is 3.63. The van der Waals surface area contributed by atoms with Crippen LogP contribution >= 0.6 is 15.9 Å². The van der Waals surface area contributed by atoms with Gasteiger partial charge in [-0.3, -0.25) is 0 Å². The first-order valence-corrected chi connectivity index (χ1v) is 8.07. The Hall–Kier alpha value is -0.580. The van der Waals surface area contributed by atoms with Crippen molar-refractivity contribution in [3.05, 3.63) is 28.7 Å². The van der Waals surface area contributed by atoms with E-state index in [1.165, 1.54) is 12.8 Å². The molecule has 1 aromatic rings. The lowest BCUT2D eigenvalue weighted by molar-refractivity contribution is -0.156. The lowest BCUT2D eigenvalue weighted by Gasteiger charge is -2.26. The molecule has 0 heterocycles. The molecule has 0 aliphatic heterocycles. The molecule has 1 rings (SSSR count). The largest absolute Gasteiger partial charge is 0.462 e. The lowest BCUT2D eigenvalue weighted by atomic mass is 10.2. The molecule has 0 N–H and O–H groups in total. The Labute approximate surface area is 130 Å². The zero-order chi connectivity index (χ0) is 14.8. The number of unbranched alkanes of at least 4 members (excludes halogenated alkanes) is 2. The van der Waals surface area contributed by atoms with Gasteiger partial charge in [-0.05, 0) is 37.1 Å². The summed E-state index contributed by atoms with van der Waals surface area (Å²) in [5, 5.41) is 0. The predicted octanol–water partition coefficient (Wildman–Crippen LogP) is 4.79. The van der Waals surface area contributed by atoms with Crippen LogP contribution in [0.25, 0.3) is 0 Å². The minimum atomic E-state index is -0.358. The van der Waals surface area contributed by atoms with Gasteiger partial charge in [0.05, 0.1) is 6.61 Å². The zero-order valence-corrected chi connectivity index (χ0v) is 14.2. The number of halogens is 1. The molecule has 0 amide bonds. The zero-order valence-electron chi connectivity index (χ0n) is 12.6. The minimum absolute atomic E-state index is 0.0553. The van der Waals surface area contributed by atoms with Crippen LogP contribution in [-0.4, -0.2) is 26.1 Å². The molecule has 0 aliphatic carbocycles. The number of methoxy groups -OCH3 is 1. The van der Waals surface area contributed by atoms with Crippen molar-refractivity contribution in [1.29, 1.82) is 0 Å². The maximum atomic E-state index is 5.93. The van der Waals surface area contributed by atoms with Crippen molar-refractivity contribution in [3.63, 3.8) is 0 Å². The summed E-state index contributed by atoms with van der Waals surface area (Å²) in [6.45, 7) is 4.95. The van der Waals surface area contributed by atoms with Crippen LogP contribution in [0.3, 0.4) is 0 Å². The fourth-order valence-electron chi connectivity index (χ4n) is 1.89. The van der Waals surface area contributed by atoms with Crippen LogP contribution < -0.4 is 4.74 Å². The second kappa shape index (κ2) is 10.2. The SMILES string of the molecule is CCCCCOC(Oc1ccc(Br)cc1)[C@H](CC)OC. The summed E-state index contributed by atoms with van der Waals surface area (Å²) in [4.78, 5) is 0. The Balaban J connectivity index is 2.58. The minimum Gasteiger partial charge on any atom is -0.462 e. The Kier molecular flexibility index (Phi) is 8.90. The van der Waals surface area contributed by atoms with Gasteiger partial charge < -0.3 is 14.2 Å². The van der Waals surface area contributed by atoms with Crippen LogP contribution in [0.4, 0.5) is 0 Å². The third-order valence-electron chi connectivity index (χ3n) is 3.10. The Morgan fingerprint density at radius 1 is 1.10 bits per heavy atom. The molecule has 3 nitrogen and oxygen atoms in total. The maximum Gasteiger partial charge on any atom is 0.226 e. The van der Waals surface area contributed by atoms with E-state index in [1.807, 2.05) is 24.3 Å². The highest BCUT2D eigenvalue weighted by atomic mass is 79.9. The van der Waals surface area contributed by atoms with Gasteiger partial charge >= 0.3 is 0 Å². The van der Waals surface area contributed by atoms with E-state index in [-0.39, 0.29) is 12.4 Å². The summed E-state index contributed by atoms with van der Waals surface area (Å²) in [6.07, 6.45) is 3.85. The second-order valence-corrected chi connectivity index (χ2v) is 5.62. The molecule has 0 saturated carbocycles. The molecule has 0 aliphatic rings. The average Bonchev–Trinajstić information content (AvgIpc) is 2.46. The quantitative estimate of drug-likeness (QED) is 0.451. The summed E-state index contributed by atoms with van der Waals surface area (Å²) < 4.78 is 18.3. The van der Waals surface area contributed by atoms with Crippen LogP contribution in [0, 0.1) is 0 Å². The molecule has 0 fully saturated rings. The van der Waals surface area contributed by atoms with Gasteiger partial charge in [0, 0.05) is 11.6 Å². The van der Waals surface area contributed by atoms with E-state index in [0.717, 1.165) is 23.1 Å². The lowest BCUT2D eigenvalue weighted by Crippen LogP contribution is -2.35. The number of hydrogen-bond donors (Lipinski definition) is 0. The van der Waals surface area contributed by atoms with E-state index < -0.39 is 0 Å². The van der Waals surface area contributed by atoms with Crippen molar-refractivity contribution >= 4 is 15.9 Å². The van der Waals surface area contributed by atoms with E-state index in [9.17, 15) is 0 Å². The number of rotatable bonds is 10. The molecular formula is C16H25BrO3. The van der Waals surface area contributed by atoms with Gasteiger partial charge in [0.25, 0.3) is 0 Å². The molecule has 1 aromatic carbocycles. The van der Waals surface area contributed by atoms with Gasteiger partial charge in [-0.1, -0.05) is 42.6 Å². The first-order chi connectivity index (χ1) is 9.71. The number of hydrogen-bond acceptors (Lipinski definition) is 3. The van der Waals surface area contributed by atoms with Crippen molar-refractivity contribution in [2.45, 2.75) is 51.9 Å². The number of benzene rings is 1. The van der Waals surface area contributed by atoms with E-state index in [4.69, 9.17) is 14.2 Å². The van der Waals surface area contributed by atoms with Crippen LogP contribution in [0.5, 0.6) is 5.75 Å². The Morgan fingerprint density at radius 2 is 1.80 bits per heavy atom. The molecule has 114 valence electrons. The first kappa shape index (κ1) is 17.5. The van der Waals surface area contributed by atoms with E-state index in [0.29, 0.717) is 6.61 Å². The molecule has 0 radical (unpaired) electrons. The smallest absolute Gasteiger partial charge is 0.226 e. The van der Waals surface area contributed by atoms with Gasteiger partial charge in [0.15, 0.2) is 0 Å². The van der Waals surface area contributed by atoms with Crippen molar-refractivity contribution in [1.82, 2.24) is 0 Å². The standard InChI is InChI=1S/C16H25BrO3/c1-4-6-7-12-19-16(15(5-2)18-3)20-14-10-8-13(17)9-11-14/h8-11,15-16H,4-7,12H2,1-3H3/t15-,16?/m0/s1. The number of ether oxygens (including phenoxy) is 3. The van der Waals surface area contributed by atoms with Gasteiger partial charge in [-0.25, -0.2) is 0 Å². The molecule has 0 spiro atoms. The van der Waals surface area contributed by atoms with Gasteiger partial charge in [-0.2, -0.15) is 0 Å².